The lowest BCUT2D eigenvalue weighted by molar-refractivity contribution is -0.122. The van der Waals surface area contributed by atoms with E-state index in [1.165, 1.54) is 0 Å². The van der Waals surface area contributed by atoms with Gasteiger partial charge in [0.25, 0.3) is 0 Å². The second kappa shape index (κ2) is 5.99. The lowest BCUT2D eigenvalue weighted by Crippen LogP contribution is -2.55. The molecule has 1 saturated heterocycles. The molecule has 1 aliphatic rings. The summed E-state index contributed by atoms with van der Waals surface area (Å²) in [5.74, 6) is 0.0174. The first kappa shape index (κ1) is 15.4. The predicted molar refractivity (Wildman–Crippen MR) is 72.4 cm³/mol. The summed E-state index contributed by atoms with van der Waals surface area (Å²) >= 11 is 0. The second-order valence-electron chi connectivity index (χ2n) is 6.35. The summed E-state index contributed by atoms with van der Waals surface area (Å²) in [7, 11) is 0. The van der Waals surface area contributed by atoms with E-state index in [2.05, 4.69) is 24.1 Å². The molecule has 5 heteroatoms. The van der Waals surface area contributed by atoms with E-state index in [9.17, 15) is 4.79 Å². The molecule has 0 spiro atoms. The number of nitrogens with one attached hydrogen (secondary N) is 1. The molecule has 0 saturated carbocycles. The number of nitrogens with zero attached hydrogens (tertiary/aromatic N) is 1. The van der Waals surface area contributed by atoms with Gasteiger partial charge in [-0.05, 0) is 27.7 Å². The fraction of sp³-hybridized carbons (Fsp3) is 0.923. The first-order valence-electron chi connectivity index (χ1n) is 6.59. The molecule has 18 heavy (non-hydrogen) atoms. The third kappa shape index (κ3) is 5.33. The zero-order valence-electron chi connectivity index (χ0n) is 12.1. The largest absolute Gasteiger partial charge is 0.379 e. The Hall–Kier alpha value is -0.650. The van der Waals surface area contributed by atoms with E-state index in [0.29, 0.717) is 13.0 Å². The minimum absolute atomic E-state index is 0.0174. The van der Waals surface area contributed by atoms with Gasteiger partial charge in [0.1, 0.15) is 0 Å². The summed E-state index contributed by atoms with van der Waals surface area (Å²) in [5, 5.41) is 2.98. The number of carbonyl (C=O) groups is 1. The van der Waals surface area contributed by atoms with Crippen molar-refractivity contribution in [2.75, 3.05) is 32.8 Å². The molecule has 1 heterocycles. The Morgan fingerprint density at radius 3 is 2.33 bits per heavy atom. The maximum Gasteiger partial charge on any atom is 0.221 e. The van der Waals surface area contributed by atoms with Crippen LogP contribution < -0.4 is 11.1 Å². The van der Waals surface area contributed by atoms with Gasteiger partial charge in [-0.1, -0.05) is 0 Å². The molecule has 0 aliphatic carbocycles. The van der Waals surface area contributed by atoms with Crippen LogP contribution in [0.5, 0.6) is 0 Å². The SMILES string of the molecule is CC(C)(N)CC(=O)NCC(C)(C)N1CCOCC1. The number of nitrogens with two attached hydrogens (primary N) is 1. The van der Waals surface area contributed by atoms with Crippen LogP contribution in [0.1, 0.15) is 34.1 Å². The molecule has 1 rings (SSSR count). The van der Waals surface area contributed by atoms with Gasteiger partial charge in [0, 0.05) is 37.1 Å². The maximum absolute atomic E-state index is 11.8. The van der Waals surface area contributed by atoms with E-state index in [1.54, 1.807) is 0 Å². The van der Waals surface area contributed by atoms with E-state index < -0.39 is 5.54 Å². The molecule has 0 bridgehead atoms. The Bertz CT molecular complexity index is 278. The number of carbonyl (C=O) groups excluding carboxylic acids is 1. The molecule has 106 valence electrons. The van der Waals surface area contributed by atoms with Crippen molar-refractivity contribution in [3.8, 4) is 0 Å². The van der Waals surface area contributed by atoms with Crippen LogP contribution in [0.3, 0.4) is 0 Å². The minimum atomic E-state index is -0.451. The molecular weight excluding hydrogens is 230 g/mol. The lowest BCUT2D eigenvalue weighted by Gasteiger charge is -2.41. The molecule has 1 amide bonds. The standard InChI is InChI=1S/C13H27N3O2/c1-12(2,14)9-11(17)15-10-13(3,4)16-5-7-18-8-6-16/h5-10,14H2,1-4H3,(H,15,17). The summed E-state index contributed by atoms with van der Waals surface area (Å²) in [4.78, 5) is 14.1. The Labute approximate surface area is 110 Å². The fourth-order valence-electron chi connectivity index (χ4n) is 2.07. The molecule has 3 N–H and O–H groups in total. The number of amides is 1. The van der Waals surface area contributed by atoms with Crippen LogP contribution in [0, 0.1) is 0 Å². The van der Waals surface area contributed by atoms with Crippen molar-refractivity contribution in [1.82, 2.24) is 10.2 Å². The van der Waals surface area contributed by atoms with Crippen LogP contribution in [-0.2, 0) is 9.53 Å². The van der Waals surface area contributed by atoms with Crippen LogP contribution in [0.25, 0.3) is 0 Å². The summed E-state index contributed by atoms with van der Waals surface area (Å²) in [6.07, 6.45) is 0.353. The van der Waals surface area contributed by atoms with Gasteiger partial charge in [0.15, 0.2) is 0 Å². The summed E-state index contributed by atoms with van der Waals surface area (Å²) in [6.45, 7) is 12.0. The summed E-state index contributed by atoms with van der Waals surface area (Å²) in [5.41, 5.74) is 5.34. The third-order valence-corrected chi connectivity index (χ3v) is 3.20. The Morgan fingerprint density at radius 2 is 1.83 bits per heavy atom. The Balaban J connectivity index is 2.38. The number of ether oxygens (including phenoxy) is 1. The molecule has 0 atom stereocenters. The van der Waals surface area contributed by atoms with Crippen molar-refractivity contribution in [1.29, 1.82) is 0 Å². The zero-order valence-corrected chi connectivity index (χ0v) is 12.1. The highest BCUT2D eigenvalue weighted by Crippen LogP contribution is 2.15. The predicted octanol–water partition coefficient (Wildman–Crippen LogP) is 0.341. The first-order valence-corrected chi connectivity index (χ1v) is 6.59. The van der Waals surface area contributed by atoms with Crippen molar-refractivity contribution in [3.05, 3.63) is 0 Å². The second-order valence-corrected chi connectivity index (χ2v) is 6.35. The number of rotatable bonds is 5. The van der Waals surface area contributed by atoms with Crippen LogP contribution in [0.2, 0.25) is 0 Å². The quantitative estimate of drug-likeness (QED) is 0.745. The van der Waals surface area contributed by atoms with Crippen molar-refractivity contribution in [2.45, 2.75) is 45.2 Å². The van der Waals surface area contributed by atoms with Gasteiger partial charge in [-0.15, -0.1) is 0 Å². The molecular formula is C13H27N3O2. The van der Waals surface area contributed by atoms with Crippen molar-refractivity contribution < 1.29 is 9.53 Å². The van der Waals surface area contributed by atoms with Gasteiger partial charge < -0.3 is 15.8 Å². The van der Waals surface area contributed by atoms with E-state index in [-0.39, 0.29) is 11.4 Å². The van der Waals surface area contributed by atoms with Gasteiger partial charge in [0.2, 0.25) is 5.91 Å². The van der Waals surface area contributed by atoms with Crippen LogP contribution in [0.15, 0.2) is 0 Å². The van der Waals surface area contributed by atoms with Crippen LogP contribution in [0.4, 0.5) is 0 Å². The fourth-order valence-corrected chi connectivity index (χ4v) is 2.07. The summed E-state index contributed by atoms with van der Waals surface area (Å²) in [6, 6.07) is 0. The monoisotopic (exact) mass is 257 g/mol. The van der Waals surface area contributed by atoms with Crippen molar-refractivity contribution >= 4 is 5.91 Å². The molecule has 0 aromatic carbocycles. The van der Waals surface area contributed by atoms with Gasteiger partial charge in [-0.2, -0.15) is 0 Å². The van der Waals surface area contributed by atoms with Crippen LogP contribution >= 0.6 is 0 Å². The third-order valence-electron chi connectivity index (χ3n) is 3.20. The van der Waals surface area contributed by atoms with Gasteiger partial charge >= 0.3 is 0 Å². The van der Waals surface area contributed by atoms with Gasteiger partial charge in [-0.3, -0.25) is 9.69 Å². The smallest absolute Gasteiger partial charge is 0.221 e. The highest BCUT2D eigenvalue weighted by Gasteiger charge is 2.29. The van der Waals surface area contributed by atoms with Gasteiger partial charge in [-0.25, -0.2) is 0 Å². The molecule has 5 nitrogen and oxygen atoms in total. The highest BCUT2D eigenvalue weighted by molar-refractivity contribution is 5.77. The first-order chi connectivity index (χ1) is 8.21. The summed E-state index contributed by atoms with van der Waals surface area (Å²) < 4.78 is 5.34. The Kier molecular flexibility index (Phi) is 5.13. The number of morpholine rings is 1. The normalized spacial score (nSPS) is 18.7. The van der Waals surface area contributed by atoms with Gasteiger partial charge in [0.05, 0.1) is 13.2 Å². The Morgan fingerprint density at radius 1 is 1.28 bits per heavy atom. The highest BCUT2D eigenvalue weighted by atomic mass is 16.5. The molecule has 0 radical (unpaired) electrons. The van der Waals surface area contributed by atoms with E-state index >= 15 is 0 Å². The minimum Gasteiger partial charge on any atom is -0.379 e. The average Bonchev–Trinajstić information content (AvgIpc) is 2.26. The molecule has 0 aromatic heterocycles. The van der Waals surface area contributed by atoms with Crippen molar-refractivity contribution in [3.63, 3.8) is 0 Å². The topological polar surface area (TPSA) is 67.6 Å². The van der Waals surface area contributed by atoms with E-state index in [1.807, 2.05) is 13.8 Å². The average molecular weight is 257 g/mol. The van der Waals surface area contributed by atoms with E-state index in [4.69, 9.17) is 10.5 Å². The molecule has 0 aromatic rings. The van der Waals surface area contributed by atoms with E-state index in [0.717, 1.165) is 26.3 Å². The van der Waals surface area contributed by atoms with Crippen LogP contribution in [-0.4, -0.2) is 54.7 Å². The number of hydrogen-bond donors (Lipinski definition) is 2. The lowest BCUT2D eigenvalue weighted by atomic mass is 10.00. The maximum atomic E-state index is 11.8. The number of hydrogen-bond acceptors (Lipinski definition) is 4. The molecule has 1 fully saturated rings. The molecule has 0 unspecified atom stereocenters. The zero-order chi connectivity index (χ0) is 13.8. The van der Waals surface area contributed by atoms with Crippen molar-refractivity contribution in [2.24, 2.45) is 5.73 Å². The molecule has 1 aliphatic heterocycles.